The van der Waals surface area contributed by atoms with Gasteiger partial charge >= 0.3 is 0 Å². The van der Waals surface area contributed by atoms with E-state index < -0.39 is 0 Å². The summed E-state index contributed by atoms with van der Waals surface area (Å²) in [5.41, 5.74) is 15.0. The van der Waals surface area contributed by atoms with Crippen LogP contribution < -0.4 is 22.1 Å². The van der Waals surface area contributed by atoms with Crippen molar-refractivity contribution in [2.45, 2.75) is 46.2 Å². The van der Waals surface area contributed by atoms with E-state index in [1.165, 1.54) is 0 Å². The number of ketones is 2. The molecule has 29 heavy (non-hydrogen) atoms. The fourth-order valence-corrected chi connectivity index (χ4v) is 4.86. The maximum atomic E-state index is 13.5. The van der Waals surface area contributed by atoms with E-state index in [0.29, 0.717) is 28.7 Å². The lowest BCUT2D eigenvalue weighted by molar-refractivity contribution is 0.0981. The molecule has 0 atom stereocenters. The van der Waals surface area contributed by atoms with Crippen molar-refractivity contribution in [3.05, 3.63) is 46.5 Å². The van der Waals surface area contributed by atoms with Crippen LogP contribution >= 0.6 is 0 Å². The van der Waals surface area contributed by atoms with Gasteiger partial charge in [-0.15, -0.1) is 0 Å². The van der Waals surface area contributed by atoms with Crippen molar-refractivity contribution in [3.63, 3.8) is 0 Å². The molecule has 2 aromatic carbocycles. The number of benzene rings is 2. The van der Waals surface area contributed by atoms with E-state index in [0.717, 1.165) is 18.5 Å². The van der Waals surface area contributed by atoms with E-state index in [9.17, 15) is 9.59 Å². The molecule has 0 saturated carbocycles. The van der Waals surface area contributed by atoms with Crippen LogP contribution in [0, 0.1) is 11.8 Å². The average molecular weight is 393 g/mol. The third-order valence-electron chi connectivity index (χ3n) is 5.65. The van der Waals surface area contributed by atoms with Crippen molar-refractivity contribution in [1.82, 2.24) is 0 Å². The molecule has 1 aliphatic carbocycles. The molecule has 6 heteroatoms. The number of carbonyl (C=O) groups is 2. The van der Waals surface area contributed by atoms with E-state index >= 15 is 0 Å². The highest BCUT2D eigenvalue weighted by Crippen LogP contribution is 2.46. The Morgan fingerprint density at radius 2 is 1.34 bits per heavy atom. The van der Waals surface area contributed by atoms with Crippen molar-refractivity contribution in [1.29, 1.82) is 0 Å². The summed E-state index contributed by atoms with van der Waals surface area (Å²) < 4.78 is 0. The topological polar surface area (TPSA) is 110 Å². The predicted molar refractivity (Wildman–Crippen MR) is 117 cm³/mol. The normalized spacial score (nSPS) is 16.3. The molecule has 1 heterocycles. The fourth-order valence-electron chi connectivity index (χ4n) is 4.86. The minimum absolute atomic E-state index is 0.211. The van der Waals surface area contributed by atoms with Crippen LogP contribution in [0.4, 0.5) is 22.7 Å². The van der Waals surface area contributed by atoms with Crippen LogP contribution in [0.2, 0.25) is 0 Å². The summed E-state index contributed by atoms with van der Waals surface area (Å²) in [6.07, 6.45) is 1.78. The Hall–Kier alpha value is -3.02. The van der Waals surface area contributed by atoms with Crippen LogP contribution in [0.5, 0.6) is 0 Å². The summed E-state index contributed by atoms with van der Waals surface area (Å²) in [4.78, 5) is 26.7. The average Bonchev–Trinajstić information content (AvgIpc) is 2.96. The van der Waals surface area contributed by atoms with Crippen molar-refractivity contribution >= 4 is 34.3 Å². The standard InChI is InChI=1S/C23H28N4O2/c1-11(2)9-23(10-12(3)4)26-16-8-5-13-17(20(16)27-23)22(29)19-15(25)7-6-14(24)18(19)21(13)28/h5-8,11-12,26-27H,9-10,24-25H2,1-4H3. The van der Waals surface area contributed by atoms with Crippen molar-refractivity contribution in [3.8, 4) is 0 Å². The van der Waals surface area contributed by atoms with Gasteiger partial charge in [0, 0.05) is 16.9 Å². The molecule has 0 fully saturated rings. The SMILES string of the molecule is CC(C)CC1(CC(C)C)Nc2ccc3c(c2N1)C(=O)c1c(N)ccc(N)c1C3=O. The molecule has 0 radical (unpaired) electrons. The van der Waals surface area contributed by atoms with Crippen LogP contribution in [-0.4, -0.2) is 17.2 Å². The summed E-state index contributed by atoms with van der Waals surface area (Å²) in [7, 11) is 0. The first-order valence-electron chi connectivity index (χ1n) is 10.1. The van der Waals surface area contributed by atoms with E-state index in [1.807, 2.05) is 6.07 Å². The Morgan fingerprint density at radius 3 is 1.90 bits per heavy atom. The minimum Gasteiger partial charge on any atom is -0.398 e. The zero-order valence-electron chi connectivity index (χ0n) is 17.3. The molecular weight excluding hydrogens is 364 g/mol. The molecule has 0 saturated heterocycles. The number of nitrogens with one attached hydrogen (secondary N) is 2. The van der Waals surface area contributed by atoms with Gasteiger partial charge in [0.2, 0.25) is 0 Å². The lowest BCUT2D eigenvalue weighted by Crippen LogP contribution is -2.44. The Morgan fingerprint density at radius 1 is 0.793 bits per heavy atom. The molecule has 0 unspecified atom stereocenters. The van der Waals surface area contributed by atoms with E-state index in [4.69, 9.17) is 11.5 Å². The second kappa shape index (κ2) is 6.51. The van der Waals surface area contributed by atoms with Gasteiger partial charge in [-0.25, -0.2) is 0 Å². The van der Waals surface area contributed by atoms with Gasteiger partial charge < -0.3 is 22.1 Å². The minimum atomic E-state index is -0.356. The zero-order chi connectivity index (χ0) is 21.1. The number of hydrogen-bond donors (Lipinski definition) is 4. The number of nitrogen functional groups attached to an aromatic ring is 2. The molecule has 6 nitrogen and oxygen atoms in total. The molecule has 0 aromatic heterocycles. The zero-order valence-corrected chi connectivity index (χ0v) is 17.3. The molecular formula is C23H28N4O2. The second-order valence-corrected chi connectivity index (χ2v) is 9.09. The molecule has 152 valence electrons. The summed E-state index contributed by atoms with van der Waals surface area (Å²) in [5, 5.41) is 7.21. The van der Waals surface area contributed by atoms with Crippen LogP contribution in [0.15, 0.2) is 24.3 Å². The van der Waals surface area contributed by atoms with Gasteiger partial charge in [-0.1, -0.05) is 27.7 Å². The number of anilines is 4. The first kappa shape index (κ1) is 19.3. The Bertz CT molecular complexity index is 1030. The second-order valence-electron chi connectivity index (χ2n) is 9.09. The van der Waals surface area contributed by atoms with Gasteiger partial charge in [-0.3, -0.25) is 9.59 Å². The van der Waals surface area contributed by atoms with Crippen LogP contribution in [0.1, 0.15) is 72.4 Å². The largest absolute Gasteiger partial charge is 0.398 e. The van der Waals surface area contributed by atoms with Crippen LogP contribution in [-0.2, 0) is 0 Å². The van der Waals surface area contributed by atoms with Gasteiger partial charge in [0.1, 0.15) is 5.66 Å². The molecule has 6 N–H and O–H groups in total. The molecule has 4 rings (SSSR count). The summed E-state index contributed by atoms with van der Waals surface area (Å²) in [6, 6.07) is 6.76. The van der Waals surface area contributed by atoms with E-state index in [-0.39, 0.29) is 39.7 Å². The maximum absolute atomic E-state index is 13.5. The lowest BCUT2D eigenvalue weighted by atomic mass is 9.81. The lowest BCUT2D eigenvalue weighted by Gasteiger charge is -2.34. The summed E-state index contributed by atoms with van der Waals surface area (Å²) in [6.45, 7) is 8.72. The van der Waals surface area contributed by atoms with E-state index in [2.05, 4.69) is 38.3 Å². The van der Waals surface area contributed by atoms with Gasteiger partial charge in [0.05, 0.1) is 28.1 Å². The molecule has 1 aliphatic heterocycles. The predicted octanol–water partition coefficient (Wildman–Crippen LogP) is 4.25. The Kier molecular flexibility index (Phi) is 4.33. The first-order valence-corrected chi connectivity index (χ1v) is 10.1. The summed E-state index contributed by atoms with van der Waals surface area (Å²) >= 11 is 0. The number of hydrogen-bond acceptors (Lipinski definition) is 6. The molecule has 2 aromatic rings. The number of fused-ring (bicyclic) bond motifs is 4. The number of carbonyl (C=O) groups excluding carboxylic acids is 2. The fraction of sp³-hybridized carbons (Fsp3) is 0.391. The molecule has 2 aliphatic rings. The van der Waals surface area contributed by atoms with Crippen molar-refractivity contribution in [2.75, 3.05) is 22.1 Å². The highest BCUT2D eigenvalue weighted by atomic mass is 16.1. The first-order chi connectivity index (χ1) is 13.6. The van der Waals surface area contributed by atoms with Gasteiger partial charge in [0.15, 0.2) is 11.6 Å². The number of nitrogens with two attached hydrogens (primary N) is 2. The highest BCUT2D eigenvalue weighted by Gasteiger charge is 2.43. The highest BCUT2D eigenvalue weighted by molar-refractivity contribution is 6.34. The molecule has 0 spiro atoms. The van der Waals surface area contributed by atoms with Gasteiger partial charge in [-0.2, -0.15) is 0 Å². The smallest absolute Gasteiger partial charge is 0.198 e. The Labute approximate surface area is 171 Å². The molecule has 0 bridgehead atoms. The van der Waals surface area contributed by atoms with Gasteiger partial charge in [0.25, 0.3) is 0 Å². The Balaban J connectivity index is 1.87. The quantitative estimate of drug-likeness (QED) is 0.494. The summed E-state index contributed by atoms with van der Waals surface area (Å²) in [5.74, 6) is 0.393. The van der Waals surface area contributed by atoms with E-state index in [1.54, 1.807) is 18.2 Å². The van der Waals surface area contributed by atoms with Crippen molar-refractivity contribution in [2.24, 2.45) is 11.8 Å². The number of rotatable bonds is 4. The maximum Gasteiger partial charge on any atom is 0.198 e. The third kappa shape index (κ3) is 2.94. The van der Waals surface area contributed by atoms with Crippen LogP contribution in [0.25, 0.3) is 0 Å². The van der Waals surface area contributed by atoms with Crippen molar-refractivity contribution < 1.29 is 9.59 Å². The monoisotopic (exact) mass is 392 g/mol. The third-order valence-corrected chi connectivity index (χ3v) is 5.65. The molecule has 0 amide bonds. The van der Waals surface area contributed by atoms with Gasteiger partial charge in [-0.05, 0) is 48.9 Å². The van der Waals surface area contributed by atoms with Crippen LogP contribution in [0.3, 0.4) is 0 Å².